The molecule has 0 aromatic rings. The summed E-state index contributed by atoms with van der Waals surface area (Å²) in [7, 11) is 0. The molecule has 1 fully saturated rings. The van der Waals surface area contributed by atoms with Crippen LogP contribution in [0.25, 0.3) is 0 Å². The van der Waals surface area contributed by atoms with Gasteiger partial charge < -0.3 is 10.1 Å². The average molecular weight is 204 g/mol. The smallest absolute Gasteiger partial charge is 0.0469 e. The molecule has 1 unspecified atom stereocenters. The third-order valence-corrected chi connectivity index (χ3v) is 2.80. The van der Waals surface area contributed by atoms with Gasteiger partial charge in [-0.2, -0.15) is 0 Å². The highest BCUT2D eigenvalue weighted by Crippen LogP contribution is 2.18. The summed E-state index contributed by atoms with van der Waals surface area (Å²) < 4.78 is 5.31. The molecule has 13 heavy (non-hydrogen) atoms. The first-order valence-electron chi connectivity index (χ1n) is 4.91. The van der Waals surface area contributed by atoms with Crippen LogP contribution in [0.3, 0.4) is 0 Å². The van der Waals surface area contributed by atoms with E-state index in [1.165, 1.54) is 12.8 Å². The van der Waals surface area contributed by atoms with E-state index in [-0.39, 0.29) is 0 Å². The van der Waals surface area contributed by atoms with Crippen LogP contribution in [0.4, 0.5) is 0 Å². The van der Waals surface area contributed by atoms with Gasteiger partial charge in [0, 0.05) is 31.3 Å². The quantitative estimate of drug-likeness (QED) is 0.756. The summed E-state index contributed by atoms with van der Waals surface area (Å²) in [6, 6.07) is 0.566. The van der Waals surface area contributed by atoms with Crippen LogP contribution in [0.15, 0.2) is 11.6 Å². The van der Waals surface area contributed by atoms with Gasteiger partial charge in [-0.1, -0.05) is 17.7 Å². The SMILES string of the molecule is CC(NC/C=C/Cl)C1CCOCC1. The van der Waals surface area contributed by atoms with Gasteiger partial charge in [0.25, 0.3) is 0 Å². The molecule has 0 amide bonds. The van der Waals surface area contributed by atoms with Gasteiger partial charge in [0.2, 0.25) is 0 Å². The third kappa shape index (κ3) is 4.12. The van der Waals surface area contributed by atoms with E-state index in [4.69, 9.17) is 16.3 Å². The minimum Gasteiger partial charge on any atom is -0.381 e. The monoisotopic (exact) mass is 203 g/mol. The van der Waals surface area contributed by atoms with E-state index < -0.39 is 0 Å². The van der Waals surface area contributed by atoms with Crippen LogP contribution in [-0.4, -0.2) is 25.8 Å². The Bertz CT molecular complexity index is 155. The zero-order valence-electron chi connectivity index (χ0n) is 8.13. The number of hydrogen-bond acceptors (Lipinski definition) is 2. The van der Waals surface area contributed by atoms with Crippen molar-refractivity contribution in [1.82, 2.24) is 5.32 Å². The van der Waals surface area contributed by atoms with Crippen molar-refractivity contribution >= 4 is 11.6 Å². The van der Waals surface area contributed by atoms with Gasteiger partial charge in [-0.15, -0.1) is 0 Å². The molecule has 3 heteroatoms. The van der Waals surface area contributed by atoms with Crippen LogP contribution in [0.2, 0.25) is 0 Å². The van der Waals surface area contributed by atoms with E-state index in [0.29, 0.717) is 6.04 Å². The number of halogens is 1. The molecule has 0 spiro atoms. The lowest BCUT2D eigenvalue weighted by atomic mass is 9.93. The summed E-state index contributed by atoms with van der Waals surface area (Å²) >= 11 is 5.43. The molecule has 0 aromatic carbocycles. The molecule has 0 bridgehead atoms. The fraction of sp³-hybridized carbons (Fsp3) is 0.800. The summed E-state index contributed by atoms with van der Waals surface area (Å²) in [6.07, 6.45) is 4.29. The highest BCUT2D eigenvalue weighted by molar-refractivity contribution is 6.25. The van der Waals surface area contributed by atoms with Gasteiger partial charge in [-0.05, 0) is 25.7 Å². The second kappa shape index (κ2) is 6.41. The lowest BCUT2D eigenvalue weighted by Crippen LogP contribution is -2.36. The van der Waals surface area contributed by atoms with Crippen molar-refractivity contribution < 1.29 is 4.74 Å². The molecular formula is C10H18ClNO. The number of ether oxygens (including phenoxy) is 1. The van der Waals surface area contributed by atoms with Gasteiger partial charge in [-0.3, -0.25) is 0 Å². The molecule has 2 nitrogen and oxygen atoms in total. The number of rotatable bonds is 4. The number of hydrogen-bond donors (Lipinski definition) is 1. The summed E-state index contributed by atoms with van der Waals surface area (Å²) in [5.74, 6) is 0.762. The molecule has 0 aliphatic carbocycles. The highest BCUT2D eigenvalue weighted by Gasteiger charge is 2.19. The van der Waals surface area contributed by atoms with Crippen molar-refractivity contribution in [3.63, 3.8) is 0 Å². The van der Waals surface area contributed by atoms with E-state index in [2.05, 4.69) is 12.2 Å². The van der Waals surface area contributed by atoms with Crippen molar-refractivity contribution in [2.45, 2.75) is 25.8 Å². The molecule has 0 aromatic heterocycles. The molecule has 1 heterocycles. The predicted octanol–water partition coefficient (Wildman–Crippen LogP) is 2.14. The Balaban J connectivity index is 2.16. The minimum atomic E-state index is 0.566. The predicted molar refractivity (Wildman–Crippen MR) is 56.0 cm³/mol. The van der Waals surface area contributed by atoms with Gasteiger partial charge >= 0.3 is 0 Å². The van der Waals surface area contributed by atoms with Crippen molar-refractivity contribution in [1.29, 1.82) is 0 Å². The first-order chi connectivity index (χ1) is 6.34. The Morgan fingerprint density at radius 2 is 2.23 bits per heavy atom. The summed E-state index contributed by atoms with van der Waals surface area (Å²) in [6.45, 7) is 4.93. The van der Waals surface area contributed by atoms with Crippen LogP contribution in [-0.2, 0) is 4.74 Å². The molecule has 76 valence electrons. The maximum Gasteiger partial charge on any atom is 0.0469 e. The van der Waals surface area contributed by atoms with Gasteiger partial charge in [0.1, 0.15) is 0 Å². The van der Waals surface area contributed by atoms with Crippen molar-refractivity contribution in [2.24, 2.45) is 5.92 Å². The Morgan fingerprint density at radius 3 is 2.85 bits per heavy atom. The largest absolute Gasteiger partial charge is 0.381 e. The van der Waals surface area contributed by atoms with Gasteiger partial charge in [0.15, 0.2) is 0 Å². The number of nitrogens with one attached hydrogen (secondary N) is 1. The summed E-state index contributed by atoms with van der Waals surface area (Å²) in [5, 5.41) is 3.43. The molecule has 1 aliphatic rings. The van der Waals surface area contributed by atoms with Crippen molar-refractivity contribution in [2.75, 3.05) is 19.8 Å². The van der Waals surface area contributed by atoms with Gasteiger partial charge in [0.05, 0.1) is 0 Å². The molecule has 0 saturated carbocycles. The second-order valence-corrected chi connectivity index (χ2v) is 3.76. The lowest BCUT2D eigenvalue weighted by molar-refractivity contribution is 0.0564. The van der Waals surface area contributed by atoms with E-state index in [1.807, 2.05) is 6.08 Å². The topological polar surface area (TPSA) is 21.3 Å². The fourth-order valence-electron chi connectivity index (χ4n) is 1.68. The van der Waals surface area contributed by atoms with Crippen LogP contribution in [0.1, 0.15) is 19.8 Å². The molecule has 1 N–H and O–H groups in total. The Hall–Kier alpha value is -0.0500. The maximum atomic E-state index is 5.43. The van der Waals surface area contributed by atoms with Crippen LogP contribution in [0.5, 0.6) is 0 Å². The summed E-state index contributed by atoms with van der Waals surface area (Å²) in [4.78, 5) is 0. The van der Waals surface area contributed by atoms with Crippen molar-refractivity contribution in [3.8, 4) is 0 Å². The first-order valence-corrected chi connectivity index (χ1v) is 5.34. The molecule has 1 aliphatic heterocycles. The standard InChI is InChI=1S/C10H18ClNO/c1-9(12-6-2-5-11)10-3-7-13-8-4-10/h2,5,9-10,12H,3-4,6-8H2,1H3/b5-2+. The minimum absolute atomic E-state index is 0.566. The highest BCUT2D eigenvalue weighted by atomic mass is 35.5. The second-order valence-electron chi connectivity index (χ2n) is 3.51. The van der Waals surface area contributed by atoms with E-state index in [9.17, 15) is 0 Å². The van der Waals surface area contributed by atoms with Crippen LogP contribution < -0.4 is 5.32 Å². The summed E-state index contributed by atoms with van der Waals surface area (Å²) in [5.41, 5.74) is 1.56. The fourth-order valence-corrected chi connectivity index (χ4v) is 1.77. The Labute approximate surface area is 85.3 Å². The zero-order valence-corrected chi connectivity index (χ0v) is 8.89. The van der Waals surface area contributed by atoms with Crippen LogP contribution >= 0.6 is 11.6 Å². The molecule has 0 radical (unpaired) electrons. The molecule has 1 rings (SSSR count). The Kier molecular flexibility index (Phi) is 5.44. The van der Waals surface area contributed by atoms with Crippen molar-refractivity contribution in [3.05, 3.63) is 11.6 Å². The normalized spacial score (nSPS) is 22.3. The molecule has 1 atom stereocenters. The van der Waals surface area contributed by atoms with E-state index in [0.717, 1.165) is 25.7 Å². The molecule has 1 saturated heterocycles. The lowest BCUT2D eigenvalue weighted by Gasteiger charge is -2.28. The van der Waals surface area contributed by atoms with E-state index in [1.54, 1.807) is 5.54 Å². The first kappa shape index (κ1) is 11.0. The van der Waals surface area contributed by atoms with Crippen LogP contribution in [0, 0.1) is 5.92 Å². The Morgan fingerprint density at radius 1 is 1.54 bits per heavy atom. The molecular weight excluding hydrogens is 186 g/mol. The maximum absolute atomic E-state index is 5.43. The van der Waals surface area contributed by atoms with E-state index >= 15 is 0 Å². The zero-order chi connectivity index (χ0) is 9.52. The third-order valence-electron chi connectivity index (χ3n) is 2.62. The average Bonchev–Trinajstić information content (AvgIpc) is 2.19. The van der Waals surface area contributed by atoms with Gasteiger partial charge in [-0.25, -0.2) is 0 Å².